The standard InChI is InChI=1S/C31H38N8O2/c1-4-15-32-29(40)25-17-33-30(37-28(25)36-27-10-6-9-26(35-27)31(2,3)41)34-20-11-13-21(14-12-20)38-18-23-16-24(19-38)39(23)22-7-5-8-22/h4,6,9-14,17,22-24,41H,1,5,7-8,15-16,18-19H2,2-3H3,(H,32,40)(H2,33,34,35,36,37). The Bertz CT molecular complexity index is 1400. The zero-order chi connectivity index (χ0) is 28.6. The van der Waals surface area contributed by atoms with Crippen LogP contribution in [0.5, 0.6) is 0 Å². The lowest BCUT2D eigenvalue weighted by molar-refractivity contribution is -0.0631. The van der Waals surface area contributed by atoms with Crippen LogP contribution in [0.15, 0.2) is 61.3 Å². The van der Waals surface area contributed by atoms with Crippen LogP contribution in [0, 0.1) is 0 Å². The lowest BCUT2D eigenvalue weighted by Crippen LogP contribution is -2.72. The van der Waals surface area contributed by atoms with Crippen LogP contribution in [-0.4, -0.2) is 68.6 Å². The summed E-state index contributed by atoms with van der Waals surface area (Å²) in [4.78, 5) is 31.6. The van der Waals surface area contributed by atoms with Crippen LogP contribution in [0.1, 0.15) is 55.6 Å². The fourth-order valence-corrected chi connectivity index (χ4v) is 5.95. The van der Waals surface area contributed by atoms with Crippen molar-refractivity contribution in [3.05, 3.63) is 72.6 Å². The second-order valence-corrected chi connectivity index (χ2v) is 11.7. The van der Waals surface area contributed by atoms with Gasteiger partial charge in [0.2, 0.25) is 5.95 Å². The molecule has 1 aliphatic carbocycles. The van der Waals surface area contributed by atoms with Crippen LogP contribution in [0.25, 0.3) is 0 Å². The monoisotopic (exact) mass is 554 g/mol. The highest BCUT2D eigenvalue weighted by Gasteiger charge is 2.48. The molecule has 41 heavy (non-hydrogen) atoms. The number of nitrogens with one attached hydrogen (secondary N) is 3. The van der Waals surface area contributed by atoms with Crippen LogP contribution in [0.2, 0.25) is 0 Å². The van der Waals surface area contributed by atoms with E-state index in [1.54, 1.807) is 38.1 Å². The Balaban J connectivity index is 1.17. The third-order valence-corrected chi connectivity index (χ3v) is 8.30. The predicted molar refractivity (Wildman–Crippen MR) is 161 cm³/mol. The molecule has 0 spiro atoms. The Morgan fingerprint density at radius 3 is 2.49 bits per heavy atom. The zero-order valence-corrected chi connectivity index (χ0v) is 23.7. The second kappa shape index (κ2) is 11.1. The molecule has 2 bridgehead atoms. The van der Waals surface area contributed by atoms with E-state index in [4.69, 9.17) is 0 Å². The maximum atomic E-state index is 12.8. The molecular formula is C31H38N8O2. The fraction of sp³-hybridized carbons (Fsp3) is 0.419. The predicted octanol–water partition coefficient (Wildman–Crippen LogP) is 4.32. The van der Waals surface area contributed by atoms with Gasteiger partial charge in [0.15, 0.2) is 0 Å². The number of hydrogen-bond donors (Lipinski definition) is 4. The number of carbonyl (C=O) groups excluding carboxylic acids is 1. The number of piperazine rings is 1. The van der Waals surface area contributed by atoms with Gasteiger partial charge in [0, 0.05) is 55.3 Å². The van der Waals surface area contributed by atoms with Gasteiger partial charge in [0.05, 0.1) is 5.69 Å². The van der Waals surface area contributed by atoms with Gasteiger partial charge in [-0.3, -0.25) is 9.69 Å². The fourth-order valence-electron chi connectivity index (χ4n) is 5.95. The molecule has 4 aliphatic rings. The third kappa shape index (κ3) is 5.75. The first kappa shape index (κ1) is 27.2. The number of fused-ring (bicyclic) bond motifs is 2. The van der Waals surface area contributed by atoms with Crippen molar-refractivity contribution in [2.75, 3.05) is 35.2 Å². The molecule has 1 amide bonds. The molecular weight excluding hydrogens is 516 g/mol. The molecule has 2 aromatic heterocycles. The van der Waals surface area contributed by atoms with Gasteiger partial charge in [-0.25, -0.2) is 9.97 Å². The second-order valence-electron chi connectivity index (χ2n) is 11.7. The maximum Gasteiger partial charge on any atom is 0.256 e. The lowest BCUT2D eigenvalue weighted by atomic mass is 9.79. The molecule has 3 aromatic rings. The van der Waals surface area contributed by atoms with Crippen molar-refractivity contribution >= 4 is 34.9 Å². The van der Waals surface area contributed by atoms with Gasteiger partial charge in [-0.05, 0) is 69.5 Å². The quantitative estimate of drug-likeness (QED) is 0.272. The topological polar surface area (TPSA) is 119 Å². The summed E-state index contributed by atoms with van der Waals surface area (Å²) < 4.78 is 0. The van der Waals surface area contributed by atoms with Gasteiger partial charge in [0.1, 0.15) is 22.8 Å². The van der Waals surface area contributed by atoms with E-state index < -0.39 is 5.60 Å². The first-order chi connectivity index (χ1) is 19.8. The highest BCUT2D eigenvalue weighted by Crippen LogP contribution is 2.41. The molecule has 2 atom stereocenters. The number of hydrogen-bond acceptors (Lipinski definition) is 9. The van der Waals surface area contributed by atoms with Gasteiger partial charge in [-0.15, -0.1) is 6.58 Å². The molecule has 4 fully saturated rings. The number of anilines is 5. The van der Waals surface area contributed by atoms with Crippen molar-refractivity contribution in [2.24, 2.45) is 0 Å². The van der Waals surface area contributed by atoms with Gasteiger partial charge in [-0.1, -0.05) is 18.6 Å². The molecule has 2 unspecified atom stereocenters. The molecule has 1 saturated carbocycles. The first-order valence-electron chi connectivity index (χ1n) is 14.4. The van der Waals surface area contributed by atoms with Crippen molar-refractivity contribution in [1.29, 1.82) is 0 Å². The van der Waals surface area contributed by atoms with Crippen LogP contribution >= 0.6 is 0 Å². The molecule has 214 valence electrons. The molecule has 0 radical (unpaired) electrons. The van der Waals surface area contributed by atoms with Crippen molar-refractivity contribution in [2.45, 2.75) is 63.3 Å². The van der Waals surface area contributed by atoms with Crippen LogP contribution in [0.3, 0.4) is 0 Å². The molecule has 10 heteroatoms. The van der Waals surface area contributed by atoms with Crippen molar-refractivity contribution in [3.63, 3.8) is 0 Å². The zero-order valence-electron chi connectivity index (χ0n) is 23.7. The first-order valence-corrected chi connectivity index (χ1v) is 14.4. The minimum absolute atomic E-state index is 0.266. The van der Waals surface area contributed by atoms with E-state index in [0.717, 1.165) is 24.8 Å². The van der Waals surface area contributed by atoms with E-state index in [0.29, 0.717) is 41.9 Å². The van der Waals surface area contributed by atoms with E-state index in [1.165, 1.54) is 37.6 Å². The van der Waals surface area contributed by atoms with E-state index in [2.05, 4.69) is 59.4 Å². The van der Waals surface area contributed by atoms with Crippen molar-refractivity contribution in [3.8, 4) is 0 Å². The molecule has 1 aromatic carbocycles. The Kier molecular flexibility index (Phi) is 7.35. The maximum absolute atomic E-state index is 12.8. The third-order valence-electron chi connectivity index (χ3n) is 8.30. The molecule has 3 aliphatic heterocycles. The van der Waals surface area contributed by atoms with Gasteiger partial charge in [-0.2, -0.15) is 4.98 Å². The van der Waals surface area contributed by atoms with Crippen molar-refractivity contribution < 1.29 is 9.90 Å². The number of nitrogens with zero attached hydrogens (tertiary/aromatic N) is 5. The van der Waals surface area contributed by atoms with E-state index in [-0.39, 0.29) is 11.5 Å². The van der Waals surface area contributed by atoms with Gasteiger partial charge < -0.3 is 26.0 Å². The van der Waals surface area contributed by atoms with E-state index >= 15 is 0 Å². The van der Waals surface area contributed by atoms with Crippen LogP contribution in [0.4, 0.5) is 29.0 Å². The summed E-state index contributed by atoms with van der Waals surface area (Å²) in [6.07, 6.45) is 8.56. The van der Waals surface area contributed by atoms with Crippen LogP contribution < -0.4 is 20.9 Å². The van der Waals surface area contributed by atoms with E-state index in [9.17, 15) is 9.90 Å². The lowest BCUT2D eigenvalue weighted by Gasteiger charge is -2.61. The number of carbonyl (C=O) groups is 1. The highest BCUT2D eigenvalue weighted by atomic mass is 16.3. The molecule has 5 heterocycles. The smallest absolute Gasteiger partial charge is 0.256 e. The number of aliphatic hydroxyl groups is 1. The number of amides is 1. The normalized spacial score (nSPS) is 20.5. The summed E-state index contributed by atoms with van der Waals surface area (Å²) in [7, 11) is 0. The Labute approximate surface area is 240 Å². The Morgan fingerprint density at radius 2 is 1.83 bits per heavy atom. The van der Waals surface area contributed by atoms with Gasteiger partial charge >= 0.3 is 0 Å². The molecule has 4 N–H and O–H groups in total. The number of benzene rings is 1. The molecule has 3 saturated heterocycles. The average molecular weight is 555 g/mol. The summed E-state index contributed by atoms with van der Waals surface area (Å²) >= 11 is 0. The summed E-state index contributed by atoms with van der Waals surface area (Å²) in [6, 6.07) is 15.9. The molecule has 7 rings (SSSR count). The molecule has 10 nitrogen and oxygen atoms in total. The largest absolute Gasteiger partial charge is 0.384 e. The minimum Gasteiger partial charge on any atom is -0.384 e. The number of piperidine rings is 1. The SMILES string of the molecule is C=CCNC(=O)c1cnc(Nc2ccc(N3CC4CC(C3)N4C3CCC3)cc2)nc1Nc1cccc(C(C)(C)O)n1. The Morgan fingerprint density at radius 1 is 1.07 bits per heavy atom. The van der Waals surface area contributed by atoms with Gasteiger partial charge in [0.25, 0.3) is 5.91 Å². The average Bonchev–Trinajstić information content (AvgIpc) is 2.94. The number of aromatic nitrogens is 3. The summed E-state index contributed by atoms with van der Waals surface area (Å²) in [5.41, 5.74) is 1.73. The highest BCUT2D eigenvalue weighted by molar-refractivity contribution is 5.99. The van der Waals surface area contributed by atoms with Crippen LogP contribution in [-0.2, 0) is 5.60 Å². The van der Waals surface area contributed by atoms with Crippen molar-refractivity contribution in [1.82, 2.24) is 25.2 Å². The minimum atomic E-state index is -1.11. The number of pyridine rings is 1. The van der Waals surface area contributed by atoms with E-state index in [1.807, 2.05) is 12.1 Å². The summed E-state index contributed by atoms with van der Waals surface area (Å²) in [6.45, 7) is 9.50. The number of rotatable bonds is 10. The Hall–Kier alpha value is -4.02. The summed E-state index contributed by atoms with van der Waals surface area (Å²) in [5.74, 6) is 0.753. The summed E-state index contributed by atoms with van der Waals surface area (Å²) in [5, 5.41) is 19.6.